The average Bonchev–Trinajstić information content (AvgIpc) is 3.51. The maximum absolute atomic E-state index is 12.2. The van der Waals surface area contributed by atoms with E-state index in [-0.39, 0.29) is 6.04 Å². The Morgan fingerprint density at radius 1 is 1.17 bits per heavy atom. The van der Waals surface area contributed by atoms with Crippen molar-refractivity contribution >= 4 is 40.5 Å². The molecule has 1 amide bonds. The number of carbonyl (C=O) groups is 1. The van der Waals surface area contributed by atoms with Crippen molar-refractivity contribution in [3.8, 4) is 27.8 Å². The highest BCUT2D eigenvalue weighted by atomic mass is 35.5. The quantitative estimate of drug-likeness (QED) is 0.184. The Labute approximate surface area is 253 Å². The zero-order valence-corrected chi connectivity index (χ0v) is 26.2. The molecule has 14 heteroatoms. The standard InChI is InChI=1S/C28H35ClN8O4S/c1-16(33-19-12-21(29)31-13-17(19)24-34-20(15-42-24)28(5,6)39)9-11-40-25-18(14-32-37(25)7)23-30-10-8-22(35-23)36-26(38)41-27(2,3)4/h8,10,12-16,39H,9,11H2,1-7H3,(H,31,33)(H,30,35,36,38)/t16-/m0/s1. The molecule has 0 saturated carbocycles. The van der Waals surface area contributed by atoms with E-state index in [1.807, 2.05) is 12.3 Å². The van der Waals surface area contributed by atoms with Crippen molar-refractivity contribution in [2.24, 2.45) is 7.05 Å². The lowest BCUT2D eigenvalue weighted by Crippen LogP contribution is -2.27. The minimum atomic E-state index is -1.04. The molecular weight excluding hydrogens is 580 g/mol. The maximum Gasteiger partial charge on any atom is 0.413 e. The van der Waals surface area contributed by atoms with Gasteiger partial charge in [0.1, 0.15) is 32.7 Å². The number of anilines is 2. The van der Waals surface area contributed by atoms with Gasteiger partial charge < -0.3 is 19.9 Å². The molecule has 0 aliphatic heterocycles. The van der Waals surface area contributed by atoms with Crippen LogP contribution in [0.2, 0.25) is 5.15 Å². The van der Waals surface area contributed by atoms with Gasteiger partial charge in [0.05, 0.1) is 24.1 Å². The highest BCUT2D eigenvalue weighted by molar-refractivity contribution is 7.13. The molecule has 0 bridgehead atoms. The van der Waals surface area contributed by atoms with Gasteiger partial charge in [-0.25, -0.2) is 29.4 Å². The molecule has 0 aromatic carbocycles. The number of nitrogens with one attached hydrogen (secondary N) is 2. The SMILES string of the molecule is C[C@@H](CCOc1c(-c2nccc(NC(=O)OC(C)(C)C)n2)cnn1C)Nc1cc(Cl)ncc1-c1nc(C(C)(C)O)cs1. The Morgan fingerprint density at radius 2 is 1.93 bits per heavy atom. The lowest BCUT2D eigenvalue weighted by molar-refractivity contribution is 0.0635. The number of ether oxygens (including phenoxy) is 2. The Balaban J connectivity index is 1.42. The zero-order valence-electron chi connectivity index (χ0n) is 24.6. The van der Waals surface area contributed by atoms with Crippen molar-refractivity contribution in [2.75, 3.05) is 17.2 Å². The van der Waals surface area contributed by atoms with Gasteiger partial charge in [-0.1, -0.05) is 11.6 Å². The molecule has 3 N–H and O–H groups in total. The molecule has 0 fully saturated rings. The number of hydrogen-bond donors (Lipinski definition) is 3. The van der Waals surface area contributed by atoms with Crippen LogP contribution in [0.25, 0.3) is 22.0 Å². The van der Waals surface area contributed by atoms with E-state index >= 15 is 0 Å². The number of aliphatic hydroxyl groups is 1. The fraction of sp³-hybridized carbons (Fsp3) is 0.429. The lowest BCUT2D eigenvalue weighted by atomic mass is 10.1. The van der Waals surface area contributed by atoms with Crippen molar-refractivity contribution in [1.82, 2.24) is 29.7 Å². The summed E-state index contributed by atoms with van der Waals surface area (Å²) >= 11 is 7.64. The maximum atomic E-state index is 12.2. The van der Waals surface area contributed by atoms with E-state index in [0.717, 1.165) is 16.3 Å². The first-order valence-electron chi connectivity index (χ1n) is 13.3. The van der Waals surface area contributed by atoms with E-state index < -0.39 is 17.3 Å². The first kappa shape index (κ1) is 31.1. The third-order valence-electron chi connectivity index (χ3n) is 5.83. The summed E-state index contributed by atoms with van der Waals surface area (Å²) in [5.74, 6) is 1.14. The van der Waals surface area contributed by atoms with Crippen molar-refractivity contribution in [2.45, 2.75) is 65.2 Å². The van der Waals surface area contributed by atoms with Crippen LogP contribution in [0.5, 0.6) is 5.88 Å². The van der Waals surface area contributed by atoms with E-state index in [2.05, 4.69) is 35.7 Å². The molecule has 12 nitrogen and oxygen atoms in total. The summed E-state index contributed by atoms with van der Waals surface area (Å²) in [5, 5.41) is 23.7. The number of amides is 1. The summed E-state index contributed by atoms with van der Waals surface area (Å²) in [5.41, 5.74) is 1.07. The fourth-order valence-corrected chi connectivity index (χ4v) is 4.95. The lowest BCUT2D eigenvalue weighted by Gasteiger charge is -2.19. The van der Waals surface area contributed by atoms with Crippen LogP contribution in [-0.4, -0.2) is 59.2 Å². The monoisotopic (exact) mass is 614 g/mol. The van der Waals surface area contributed by atoms with Crippen LogP contribution < -0.4 is 15.4 Å². The molecule has 4 heterocycles. The largest absolute Gasteiger partial charge is 0.477 e. The van der Waals surface area contributed by atoms with Crippen molar-refractivity contribution in [3.63, 3.8) is 0 Å². The molecule has 1 atom stereocenters. The smallest absolute Gasteiger partial charge is 0.413 e. The van der Waals surface area contributed by atoms with Gasteiger partial charge in [0, 0.05) is 43.0 Å². The number of thiazole rings is 1. The van der Waals surface area contributed by atoms with E-state index in [0.29, 0.717) is 47.0 Å². The highest BCUT2D eigenvalue weighted by Crippen LogP contribution is 2.34. The van der Waals surface area contributed by atoms with Gasteiger partial charge in [-0.15, -0.1) is 11.3 Å². The molecule has 42 heavy (non-hydrogen) atoms. The highest BCUT2D eigenvalue weighted by Gasteiger charge is 2.22. The summed E-state index contributed by atoms with van der Waals surface area (Å²) in [6.07, 6.45) is 4.86. The van der Waals surface area contributed by atoms with Crippen LogP contribution in [0.4, 0.5) is 16.3 Å². The predicted octanol–water partition coefficient (Wildman–Crippen LogP) is 5.89. The number of hydrogen-bond acceptors (Lipinski definition) is 11. The molecule has 224 valence electrons. The van der Waals surface area contributed by atoms with Gasteiger partial charge in [0.2, 0.25) is 5.88 Å². The predicted molar refractivity (Wildman–Crippen MR) is 163 cm³/mol. The molecular formula is C28H35ClN8O4S. The van der Waals surface area contributed by atoms with E-state index in [9.17, 15) is 9.90 Å². The van der Waals surface area contributed by atoms with Crippen molar-refractivity contribution in [3.05, 3.63) is 47.0 Å². The molecule has 0 spiro atoms. The normalized spacial score (nSPS) is 12.6. The molecule has 4 aromatic heterocycles. The van der Waals surface area contributed by atoms with E-state index in [4.69, 9.17) is 21.1 Å². The Kier molecular flexibility index (Phi) is 9.34. The van der Waals surface area contributed by atoms with Gasteiger partial charge in [-0.3, -0.25) is 5.32 Å². The minimum absolute atomic E-state index is 0.00906. The fourth-order valence-electron chi connectivity index (χ4n) is 3.79. The van der Waals surface area contributed by atoms with Crippen LogP contribution in [0, 0.1) is 0 Å². The van der Waals surface area contributed by atoms with Crippen LogP contribution in [0.1, 0.15) is 53.7 Å². The van der Waals surface area contributed by atoms with Crippen molar-refractivity contribution in [1.29, 1.82) is 0 Å². The molecule has 4 rings (SSSR count). The second-order valence-corrected chi connectivity index (χ2v) is 12.5. The molecule has 4 aromatic rings. The molecule has 0 aliphatic rings. The van der Waals surface area contributed by atoms with Crippen LogP contribution >= 0.6 is 22.9 Å². The zero-order chi connectivity index (χ0) is 30.7. The molecule has 0 saturated heterocycles. The Hall–Kier alpha value is -3.81. The van der Waals surface area contributed by atoms with Gasteiger partial charge in [0.25, 0.3) is 0 Å². The first-order valence-corrected chi connectivity index (χ1v) is 14.5. The van der Waals surface area contributed by atoms with Crippen LogP contribution in [0.15, 0.2) is 36.1 Å². The molecule has 0 radical (unpaired) electrons. The Bertz CT molecular complexity index is 1540. The number of rotatable bonds is 10. The summed E-state index contributed by atoms with van der Waals surface area (Å²) in [7, 11) is 1.77. The number of nitrogens with zero attached hydrogens (tertiary/aromatic N) is 6. The number of pyridine rings is 1. The average molecular weight is 615 g/mol. The first-order chi connectivity index (χ1) is 19.7. The number of carbonyl (C=O) groups excluding carboxylic acids is 1. The third-order valence-corrected chi connectivity index (χ3v) is 6.92. The molecule has 0 unspecified atom stereocenters. The number of halogens is 1. The second-order valence-electron chi connectivity index (χ2n) is 11.2. The second kappa shape index (κ2) is 12.6. The number of aryl methyl sites for hydroxylation is 1. The summed E-state index contributed by atoms with van der Waals surface area (Å²) in [6, 6.07) is 3.33. The van der Waals surface area contributed by atoms with Gasteiger partial charge in [0.15, 0.2) is 5.82 Å². The van der Waals surface area contributed by atoms with Crippen LogP contribution in [0.3, 0.4) is 0 Å². The van der Waals surface area contributed by atoms with Gasteiger partial charge in [-0.2, -0.15) is 5.10 Å². The van der Waals surface area contributed by atoms with Gasteiger partial charge in [-0.05, 0) is 53.7 Å². The van der Waals surface area contributed by atoms with E-state index in [1.54, 1.807) is 77.1 Å². The Morgan fingerprint density at radius 3 is 2.62 bits per heavy atom. The topological polar surface area (TPSA) is 149 Å². The van der Waals surface area contributed by atoms with Crippen molar-refractivity contribution < 1.29 is 19.4 Å². The number of aromatic nitrogens is 6. The minimum Gasteiger partial charge on any atom is -0.477 e. The third kappa shape index (κ3) is 8.14. The summed E-state index contributed by atoms with van der Waals surface area (Å²) in [4.78, 5) is 29.8. The van der Waals surface area contributed by atoms with E-state index in [1.165, 1.54) is 11.3 Å². The van der Waals surface area contributed by atoms with Crippen LogP contribution in [-0.2, 0) is 17.4 Å². The molecule has 0 aliphatic carbocycles. The van der Waals surface area contributed by atoms with Gasteiger partial charge >= 0.3 is 6.09 Å². The summed E-state index contributed by atoms with van der Waals surface area (Å²) in [6.45, 7) is 11.2. The summed E-state index contributed by atoms with van der Waals surface area (Å²) < 4.78 is 13.0.